The molecule has 1 aliphatic rings. The number of hydrogen-bond acceptors (Lipinski definition) is 3. The molecule has 0 bridgehead atoms. The molecule has 0 aromatic carbocycles. The maximum Gasteiger partial charge on any atom is 0.0832 e. The molecule has 0 aromatic heterocycles. The van der Waals surface area contributed by atoms with Crippen LogP contribution >= 0.6 is 0 Å². The van der Waals surface area contributed by atoms with E-state index in [1.54, 1.807) is 0 Å². The van der Waals surface area contributed by atoms with Gasteiger partial charge in [0.05, 0.1) is 6.10 Å². The van der Waals surface area contributed by atoms with Gasteiger partial charge in [0.2, 0.25) is 0 Å². The molecule has 3 nitrogen and oxygen atoms in total. The maximum atomic E-state index is 9.50. The summed E-state index contributed by atoms with van der Waals surface area (Å²) in [6, 6.07) is 0.806. The quantitative estimate of drug-likeness (QED) is 0.577. The van der Waals surface area contributed by atoms with Crippen LogP contribution in [-0.2, 0) is 0 Å². The van der Waals surface area contributed by atoms with Gasteiger partial charge in [0.25, 0.3) is 0 Å². The van der Waals surface area contributed by atoms with Crippen LogP contribution in [0.1, 0.15) is 13.8 Å². The third-order valence-electron chi connectivity index (χ3n) is 2.42. The van der Waals surface area contributed by atoms with Crippen molar-refractivity contribution in [2.24, 2.45) is 0 Å². The first-order valence-corrected chi connectivity index (χ1v) is 4.24. The Bertz CT molecular complexity index is 127. The molecule has 2 N–H and O–H groups in total. The van der Waals surface area contributed by atoms with Crippen molar-refractivity contribution in [1.29, 1.82) is 0 Å². The molecule has 0 spiro atoms. The molecule has 1 rings (SSSR count). The van der Waals surface area contributed by atoms with Crippen LogP contribution in [0.4, 0.5) is 0 Å². The van der Waals surface area contributed by atoms with Gasteiger partial charge in [0.1, 0.15) is 0 Å². The lowest BCUT2D eigenvalue weighted by molar-refractivity contribution is 0.151. The highest BCUT2D eigenvalue weighted by atomic mass is 16.3. The number of likely N-dealkylation sites (tertiary alicyclic amines) is 1. The Morgan fingerprint density at radius 3 is 2.36 bits per heavy atom. The van der Waals surface area contributed by atoms with E-state index in [9.17, 15) is 5.11 Å². The van der Waals surface area contributed by atoms with Crippen LogP contribution in [0.3, 0.4) is 0 Å². The summed E-state index contributed by atoms with van der Waals surface area (Å²) in [5, 5.41) is 12.6. The molecule has 2 atom stereocenters. The number of aliphatic hydroxyl groups is 1. The average Bonchev–Trinajstić information content (AvgIpc) is 2.31. The van der Waals surface area contributed by atoms with E-state index in [0.29, 0.717) is 6.04 Å². The highest BCUT2D eigenvalue weighted by Gasteiger charge is 2.30. The second-order valence-corrected chi connectivity index (χ2v) is 3.51. The second kappa shape index (κ2) is 3.52. The van der Waals surface area contributed by atoms with E-state index in [1.807, 2.05) is 7.05 Å². The van der Waals surface area contributed by atoms with Gasteiger partial charge in [-0.1, -0.05) is 0 Å². The van der Waals surface area contributed by atoms with Gasteiger partial charge in [-0.05, 0) is 20.9 Å². The van der Waals surface area contributed by atoms with Gasteiger partial charge in [-0.2, -0.15) is 0 Å². The first-order chi connectivity index (χ1) is 5.15. The van der Waals surface area contributed by atoms with E-state index in [4.69, 9.17) is 0 Å². The van der Waals surface area contributed by atoms with Gasteiger partial charge in [0.15, 0.2) is 0 Å². The lowest BCUT2D eigenvalue weighted by atomic mass is 10.2. The first-order valence-electron chi connectivity index (χ1n) is 4.24. The molecular weight excluding hydrogens is 140 g/mol. The number of aliphatic hydroxyl groups excluding tert-OH is 1. The van der Waals surface area contributed by atoms with Gasteiger partial charge in [-0.25, -0.2) is 0 Å². The zero-order valence-electron chi connectivity index (χ0n) is 7.54. The summed E-state index contributed by atoms with van der Waals surface area (Å²) in [7, 11) is 1.90. The number of nitrogens with one attached hydrogen (secondary N) is 1. The van der Waals surface area contributed by atoms with Crippen LogP contribution in [0.15, 0.2) is 0 Å². The molecule has 0 amide bonds. The predicted molar refractivity (Wildman–Crippen MR) is 45.6 cm³/mol. The minimum absolute atomic E-state index is 0.192. The van der Waals surface area contributed by atoms with Crippen molar-refractivity contribution >= 4 is 0 Å². The van der Waals surface area contributed by atoms with Crippen molar-refractivity contribution in [1.82, 2.24) is 10.2 Å². The highest BCUT2D eigenvalue weighted by Crippen LogP contribution is 2.12. The Kier molecular flexibility index (Phi) is 2.87. The van der Waals surface area contributed by atoms with E-state index < -0.39 is 0 Å². The van der Waals surface area contributed by atoms with Crippen molar-refractivity contribution in [3.8, 4) is 0 Å². The smallest absolute Gasteiger partial charge is 0.0832 e. The summed E-state index contributed by atoms with van der Waals surface area (Å²) in [4.78, 5) is 2.28. The fourth-order valence-electron chi connectivity index (χ4n) is 1.52. The molecule has 1 aliphatic heterocycles. The normalized spacial score (nSPS) is 33.5. The van der Waals surface area contributed by atoms with E-state index in [0.717, 1.165) is 13.1 Å². The molecule has 11 heavy (non-hydrogen) atoms. The van der Waals surface area contributed by atoms with E-state index in [2.05, 4.69) is 24.1 Å². The number of nitrogens with zero attached hydrogens (tertiary/aromatic N) is 1. The van der Waals surface area contributed by atoms with Gasteiger partial charge in [-0.15, -0.1) is 0 Å². The van der Waals surface area contributed by atoms with Crippen molar-refractivity contribution in [3.05, 3.63) is 0 Å². The van der Waals surface area contributed by atoms with Crippen LogP contribution in [0, 0.1) is 0 Å². The number of likely N-dealkylation sites (N-methyl/N-ethyl adjacent to an activating group) is 1. The average molecular weight is 158 g/mol. The molecule has 0 saturated carbocycles. The third-order valence-corrected chi connectivity index (χ3v) is 2.42. The lowest BCUT2D eigenvalue weighted by Gasteiger charge is -2.19. The Hall–Kier alpha value is -0.120. The Balaban J connectivity index is 2.43. The molecule has 1 saturated heterocycles. The zero-order valence-corrected chi connectivity index (χ0v) is 7.54. The lowest BCUT2D eigenvalue weighted by Crippen LogP contribution is -2.36. The van der Waals surface area contributed by atoms with E-state index >= 15 is 0 Å². The van der Waals surface area contributed by atoms with Crippen molar-refractivity contribution in [2.75, 3.05) is 20.1 Å². The summed E-state index contributed by atoms with van der Waals surface area (Å²) < 4.78 is 0. The molecule has 3 heteroatoms. The molecule has 66 valence electrons. The van der Waals surface area contributed by atoms with E-state index in [-0.39, 0.29) is 12.1 Å². The van der Waals surface area contributed by atoms with Gasteiger partial charge in [0, 0.05) is 25.2 Å². The summed E-state index contributed by atoms with van der Waals surface area (Å²) in [5.74, 6) is 0. The Morgan fingerprint density at radius 1 is 1.45 bits per heavy atom. The van der Waals surface area contributed by atoms with Crippen LogP contribution < -0.4 is 5.32 Å². The maximum absolute atomic E-state index is 9.50. The summed E-state index contributed by atoms with van der Waals surface area (Å²) in [6.45, 7) is 6.09. The van der Waals surface area contributed by atoms with Crippen LogP contribution in [0.25, 0.3) is 0 Å². The van der Waals surface area contributed by atoms with Crippen molar-refractivity contribution < 1.29 is 5.11 Å². The zero-order chi connectivity index (χ0) is 8.43. The fourth-order valence-corrected chi connectivity index (χ4v) is 1.52. The second-order valence-electron chi connectivity index (χ2n) is 3.51. The first kappa shape index (κ1) is 8.97. The third kappa shape index (κ3) is 1.92. The fraction of sp³-hybridized carbons (Fsp3) is 1.00. The van der Waals surface area contributed by atoms with Gasteiger partial charge in [-0.3, -0.25) is 4.90 Å². The summed E-state index contributed by atoms with van der Waals surface area (Å²) >= 11 is 0. The SMILES string of the molecule is CN[C@@H]1CN(C(C)C)C[C@@H]1O. The molecular formula is C8H18N2O. The topological polar surface area (TPSA) is 35.5 Å². The molecule has 0 aromatic rings. The standard InChI is InChI=1S/C8H18N2O/c1-6(2)10-4-7(9-3)8(11)5-10/h6-9,11H,4-5H2,1-3H3/t7-,8+/m1/s1. The highest BCUT2D eigenvalue weighted by molar-refractivity contribution is 4.89. The van der Waals surface area contributed by atoms with Crippen LogP contribution in [0.5, 0.6) is 0 Å². The number of hydrogen-bond donors (Lipinski definition) is 2. The van der Waals surface area contributed by atoms with Crippen LogP contribution in [-0.4, -0.2) is 48.3 Å². The predicted octanol–water partition coefficient (Wildman–Crippen LogP) is -0.341. The Labute approximate surface area is 68.4 Å². The molecule has 1 heterocycles. The summed E-state index contributed by atoms with van der Waals surface area (Å²) in [6.07, 6.45) is -0.192. The number of β-amino-alcohol motifs (C(OH)–C–C–N with tert-alkyl or cyclic N) is 1. The minimum Gasteiger partial charge on any atom is -0.390 e. The van der Waals surface area contributed by atoms with Gasteiger partial charge >= 0.3 is 0 Å². The van der Waals surface area contributed by atoms with E-state index in [1.165, 1.54) is 0 Å². The molecule has 0 unspecified atom stereocenters. The van der Waals surface area contributed by atoms with Crippen molar-refractivity contribution in [3.63, 3.8) is 0 Å². The molecule has 0 aliphatic carbocycles. The van der Waals surface area contributed by atoms with Crippen molar-refractivity contribution in [2.45, 2.75) is 32.0 Å². The molecule has 0 radical (unpaired) electrons. The Morgan fingerprint density at radius 2 is 2.09 bits per heavy atom. The number of rotatable bonds is 2. The molecule has 1 fully saturated rings. The summed E-state index contributed by atoms with van der Waals surface area (Å²) in [5.41, 5.74) is 0. The largest absolute Gasteiger partial charge is 0.390 e. The monoisotopic (exact) mass is 158 g/mol. The van der Waals surface area contributed by atoms with Gasteiger partial charge < -0.3 is 10.4 Å². The van der Waals surface area contributed by atoms with Crippen LogP contribution in [0.2, 0.25) is 0 Å². The minimum atomic E-state index is -0.192.